The van der Waals surface area contributed by atoms with E-state index in [2.05, 4.69) is 30.7 Å². The molecule has 2 saturated heterocycles. The SMILES string of the molecule is CC1CN(C2CN(C)C2)CC1C. The molecule has 0 amide bonds. The molecule has 2 aliphatic rings. The molecule has 2 heteroatoms. The normalized spacial score (nSPS) is 40.2. The Labute approximate surface area is 75.5 Å². The molecule has 2 fully saturated rings. The van der Waals surface area contributed by atoms with Crippen LogP contribution in [0, 0.1) is 11.8 Å². The van der Waals surface area contributed by atoms with Crippen molar-refractivity contribution in [2.75, 3.05) is 33.2 Å². The van der Waals surface area contributed by atoms with Crippen LogP contribution in [0.25, 0.3) is 0 Å². The fourth-order valence-electron chi connectivity index (χ4n) is 2.37. The molecule has 12 heavy (non-hydrogen) atoms. The number of nitrogens with zero attached hydrogens (tertiary/aromatic N) is 2. The van der Waals surface area contributed by atoms with E-state index in [-0.39, 0.29) is 0 Å². The van der Waals surface area contributed by atoms with Crippen LogP contribution in [0.15, 0.2) is 0 Å². The van der Waals surface area contributed by atoms with Crippen molar-refractivity contribution in [3.05, 3.63) is 0 Å². The Morgan fingerprint density at radius 1 is 0.917 bits per heavy atom. The minimum atomic E-state index is 0.877. The van der Waals surface area contributed by atoms with Gasteiger partial charge in [-0.2, -0.15) is 0 Å². The summed E-state index contributed by atoms with van der Waals surface area (Å²) in [5.74, 6) is 1.83. The quantitative estimate of drug-likeness (QED) is 0.573. The molecule has 70 valence electrons. The first-order valence-corrected chi connectivity index (χ1v) is 5.09. The molecule has 0 aromatic heterocycles. The topological polar surface area (TPSA) is 6.48 Å². The molecule has 0 aliphatic carbocycles. The van der Waals surface area contributed by atoms with Crippen molar-refractivity contribution in [3.63, 3.8) is 0 Å². The third-order valence-corrected chi connectivity index (χ3v) is 3.58. The molecule has 0 bridgehead atoms. The van der Waals surface area contributed by atoms with Gasteiger partial charge in [0.05, 0.1) is 0 Å². The highest BCUT2D eigenvalue weighted by atomic mass is 15.3. The molecular weight excluding hydrogens is 148 g/mol. The maximum absolute atomic E-state index is 2.68. The third kappa shape index (κ3) is 1.38. The van der Waals surface area contributed by atoms with Gasteiger partial charge in [0, 0.05) is 32.2 Å². The van der Waals surface area contributed by atoms with Gasteiger partial charge in [-0.05, 0) is 18.9 Å². The molecule has 0 aromatic carbocycles. The van der Waals surface area contributed by atoms with E-state index in [9.17, 15) is 0 Å². The number of hydrogen-bond donors (Lipinski definition) is 0. The van der Waals surface area contributed by atoms with Gasteiger partial charge in [0.1, 0.15) is 0 Å². The number of likely N-dealkylation sites (tertiary alicyclic amines) is 2. The van der Waals surface area contributed by atoms with E-state index in [1.807, 2.05) is 0 Å². The first-order valence-electron chi connectivity index (χ1n) is 5.09. The summed E-state index contributed by atoms with van der Waals surface area (Å²) in [6, 6.07) is 0.877. The summed E-state index contributed by atoms with van der Waals surface area (Å²) in [5, 5.41) is 0. The van der Waals surface area contributed by atoms with Crippen molar-refractivity contribution >= 4 is 0 Å². The lowest BCUT2D eigenvalue weighted by Gasteiger charge is -2.42. The molecule has 0 spiro atoms. The minimum Gasteiger partial charge on any atom is -0.303 e. The van der Waals surface area contributed by atoms with Crippen LogP contribution in [-0.4, -0.2) is 49.1 Å². The predicted octanol–water partition coefficient (Wildman–Crippen LogP) is 0.888. The molecule has 0 N–H and O–H groups in total. The van der Waals surface area contributed by atoms with Crippen LogP contribution in [-0.2, 0) is 0 Å². The summed E-state index contributed by atoms with van der Waals surface area (Å²) >= 11 is 0. The van der Waals surface area contributed by atoms with E-state index < -0.39 is 0 Å². The van der Waals surface area contributed by atoms with Crippen molar-refractivity contribution in [2.45, 2.75) is 19.9 Å². The molecule has 2 rings (SSSR count). The van der Waals surface area contributed by atoms with Gasteiger partial charge >= 0.3 is 0 Å². The summed E-state index contributed by atoms with van der Waals surface area (Å²) in [7, 11) is 2.21. The maximum atomic E-state index is 2.68. The van der Waals surface area contributed by atoms with Crippen LogP contribution < -0.4 is 0 Å². The average molecular weight is 168 g/mol. The van der Waals surface area contributed by atoms with Crippen molar-refractivity contribution < 1.29 is 0 Å². The van der Waals surface area contributed by atoms with E-state index in [1.54, 1.807) is 0 Å². The van der Waals surface area contributed by atoms with Gasteiger partial charge in [0.15, 0.2) is 0 Å². The average Bonchev–Trinajstić information content (AvgIpc) is 2.26. The lowest BCUT2D eigenvalue weighted by molar-refractivity contribution is 0.0657. The molecular formula is C10H20N2. The zero-order valence-corrected chi connectivity index (χ0v) is 8.45. The Bertz CT molecular complexity index is 153. The van der Waals surface area contributed by atoms with E-state index in [1.165, 1.54) is 26.2 Å². The highest BCUT2D eigenvalue weighted by molar-refractivity contribution is 4.91. The Kier molecular flexibility index (Phi) is 2.13. The van der Waals surface area contributed by atoms with Crippen LogP contribution >= 0.6 is 0 Å². The zero-order valence-electron chi connectivity index (χ0n) is 8.45. The number of rotatable bonds is 1. The smallest absolute Gasteiger partial charge is 0.0350 e. The Balaban J connectivity index is 1.84. The van der Waals surface area contributed by atoms with E-state index in [4.69, 9.17) is 0 Å². The van der Waals surface area contributed by atoms with Gasteiger partial charge in [-0.3, -0.25) is 4.90 Å². The van der Waals surface area contributed by atoms with Crippen LogP contribution in [0.1, 0.15) is 13.8 Å². The van der Waals surface area contributed by atoms with Crippen molar-refractivity contribution in [1.29, 1.82) is 0 Å². The second-order valence-corrected chi connectivity index (χ2v) is 4.78. The number of likely N-dealkylation sites (N-methyl/N-ethyl adjacent to an activating group) is 1. The maximum Gasteiger partial charge on any atom is 0.0350 e. The predicted molar refractivity (Wildman–Crippen MR) is 51.2 cm³/mol. The molecule has 2 aliphatic heterocycles. The Morgan fingerprint density at radius 3 is 1.83 bits per heavy atom. The summed E-state index contributed by atoms with van der Waals surface area (Å²) in [6.45, 7) is 10.0. The van der Waals surface area contributed by atoms with Crippen LogP contribution in [0.3, 0.4) is 0 Å². The van der Waals surface area contributed by atoms with Gasteiger partial charge < -0.3 is 4.90 Å². The van der Waals surface area contributed by atoms with E-state index in [0.29, 0.717) is 0 Å². The van der Waals surface area contributed by atoms with Gasteiger partial charge in [0.25, 0.3) is 0 Å². The lowest BCUT2D eigenvalue weighted by Crippen LogP contribution is -2.57. The van der Waals surface area contributed by atoms with Gasteiger partial charge in [-0.25, -0.2) is 0 Å². The molecule has 2 heterocycles. The van der Waals surface area contributed by atoms with Crippen molar-refractivity contribution in [1.82, 2.24) is 9.80 Å². The molecule has 2 atom stereocenters. The van der Waals surface area contributed by atoms with Gasteiger partial charge in [0.2, 0.25) is 0 Å². The Hall–Kier alpha value is -0.0800. The summed E-state index contributed by atoms with van der Waals surface area (Å²) in [4.78, 5) is 5.08. The van der Waals surface area contributed by atoms with Gasteiger partial charge in [-0.15, -0.1) is 0 Å². The fraction of sp³-hybridized carbons (Fsp3) is 1.00. The second kappa shape index (κ2) is 3.00. The summed E-state index contributed by atoms with van der Waals surface area (Å²) in [6.07, 6.45) is 0. The Morgan fingerprint density at radius 2 is 1.42 bits per heavy atom. The molecule has 2 nitrogen and oxygen atoms in total. The third-order valence-electron chi connectivity index (χ3n) is 3.58. The largest absolute Gasteiger partial charge is 0.303 e. The molecule has 0 radical (unpaired) electrons. The number of hydrogen-bond acceptors (Lipinski definition) is 2. The summed E-state index contributed by atoms with van der Waals surface area (Å²) in [5.41, 5.74) is 0. The standard InChI is InChI=1S/C10H20N2/c1-8-4-12(5-9(8)2)10-6-11(3)7-10/h8-10H,4-7H2,1-3H3. The highest BCUT2D eigenvalue weighted by Crippen LogP contribution is 2.26. The van der Waals surface area contributed by atoms with Crippen molar-refractivity contribution in [2.24, 2.45) is 11.8 Å². The summed E-state index contributed by atoms with van der Waals surface area (Å²) < 4.78 is 0. The first-order chi connectivity index (χ1) is 5.66. The minimum absolute atomic E-state index is 0.877. The molecule has 0 saturated carbocycles. The molecule has 0 aromatic rings. The van der Waals surface area contributed by atoms with Crippen molar-refractivity contribution in [3.8, 4) is 0 Å². The monoisotopic (exact) mass is 168 g/mol. The van der Waals surface area contributed by atoms with E-state index >= 15 is 0 Å². The molecule has 2 unspecified atom stereocenters. The van der Waals surface area contributed by atoms with E-state index in [0.717, 1.165) is 17.9 Å². The van der Waals surface area contributed by atoms with Crippen LogP contribution in [0.5, 0.6) is 0 Å². The fourth-order valence-corrected chi connectivity index (χ4v) is 2.37. The van der Waals surface area contributed by atoms with Crippen LogP contribution in [0.2, 0.25) is 0 Å². The highest BCUT2D eigenvalue weighted by Gasteiger charge is 2.35. The van der Waals surface area contributed by atoms with Crippen LogP contribution in [0.4, 0.5) is 0 Å². The van der Waals surface area contributed by atoms with Gasteiger partial charge in [-0.1, -0.05) is 13.8 Å². The zero-order chi connectivity index (χ0) is 8.72. The first kappa shape index (κ1) is 8.52. The second-order valence-electron chi connectivity index (χ2n) is 4.78. The lowest BCUT2D eigenvalue weighted by atomic mass is 10.0.